The summed E-state index contributed by atoms with van der Waals surface area (Å²) in [6.07, 6.45) is 13.3. The van der Waals surface area contributed by atoms with Crippen molar-refractivity contribution < 1.29 is 28.2 Å². The van der Waals surface area contributed by atoms with Gasteiger partial charge in [0.1, 0.15) is 5.82 Å². The minimum Gasteiger partial charge on any atom is -0.493 e. The molecule has 6 rings (SSSR count). The molecular formula is C44H49Cl2FN4O5. The fourth-order valence-corrected chi connectivity index (χ4v) is 8.30. The van der Waals surface area contributed by atoms with Crippen molar-refractivity contribution in [1.29, 1.82) is 0 Å². The third-order valence-corrected chi connectivity index (χ3v) is 11.8. The Hall–Kier alpha value is -4.64. The molecular weight excluding hydrogens is 754 g/mol. The normalized spacial score (nSPS) is 18.2. The zero-order chi connectivity index (χ0) is 39.8. The number of methoxy groups -OCH3 is 3. The molecule has 2 aliphatic rings. The van der Waals surface area contributed by atoms with Crippen LogP contribution in [0, 0.1) is 11.7 Å². The van der Waals surface area contributed by atoms with Crippen molar-refractivity contribution >= 4 is 41.0 Å². The molecule has 56 heavy (non-hydrogen) atoms. The molecule has 3 aromatic carbocycles. The van der Waals surface area contributed by atoms with E-state index in [1.54, 1.807) is 30.5 Å². The molecule has 0 aliphatic carbocycles. The smallest absolute Gasteiger partial charge is 0.254 e. The Morgan fingerprint density at radius 3 is 2.29 bits per heavy atom. The number of rotatable bonds is 14. The maximum absolute atomic E-state index is 14.2. The number of benzene rings is 3. The molecule has 0 N–H and O–H groups in total. The number of Topliss-reactive ketones (excluding diaryl/α,β-unsaturated/α-hetero) is 1. The second-order valence-electron chi connectivity index (χ2n) is 14.5. The van der Waals surface area contributed by atoms with E-state index in [1.807, 2.05) is 58.9 Å². The number of nitrogens with zero attached hydrogens (tertiary/aromatic N) is 4. The van der Waals surface area contributed by atoms with Crippen LogP contribution in [0.15, 0.2) is 79.0 Å². The van der Waals surface area contributed by atoms with Crippen molar-refractivity contribution in [3.63, 3.8) is 0 Å². The number of halogens is 3. The number of likely N-dealkylation sites (tertiary alicyclic amines) is 2. The summed E-state index contributed by atoms with van der Waals surface area (Å²) >= 11 is 13.0. The number of aromatic nitrogens is 2. The van der Waals surface area contributed by atoms with Crippen LogP contribution in [-0.4, -0.2) is 85.1 Å². The van der Waals surface area contributed by atoms with E-state index in [-0.39, 0.29) is 28.8 Å². The second-order valence-corrected chi connectivity index (χ2v) is 15.3. The summed E-state index contributed by atoms with van der Waals surface area (Å²) < 4.78 is 32.2. The van der Waals surface area contributed by atoms with Gasteiger partial charge in [-0.15, -0.1) is 0 Å². The number of ketones is 1. The Kier molecular flexibility index (Phi) is 13.6. The van der Waals surface area contributed by atoms with E-state index >= 15 is 0 Å². The number of allylic oxidation sites excluding steroid dienone is 3. The highest BCUT2D eigenvalue weighted by Crippen LogP contribution is 2.42. The molecule has 3 heterocycles. The molecule has 2 aliphatic heterocycles. The Morgan fingerprint density at radius 2 is 1.64 bits per heavy atom. The fraction of sp³-hybridized carbons (Fsp3) is 0.386. The van der Waals surface area contributed by atoms with Crippen LogP contribution in [0.2, 0.25) is 10.0 Å². The largest absolute Gasteiger partial charge is 0.493 e. The minimum absolute atomic E-state index is 0.0259. The first kappa shape index (κ1) is 41.0. The maximum atomic E-state index is 14.2. The van der Waals surface area contributed by atoms with Crippen LogP contribution in [0.3, 0.4) is 0 Å². The molecule has 2 saturated heterocycles. The molecule has 296 valence electrons. The van der Waals surface area contributed by atoms with Crippen molar-refractivity contribution in [3.05, 3.63) is 123 Å². The van der Waals surface area contributed by atoms with Crippen molar-refractivity contribution in [3.8, 4) is 17.2 Å². The maximum Gasteiger partial charge on any atom is 0.254 e. The van der Waals surface area contributed by atoms with E-state index in [4.69, 9.17) is 37.4 Å². The highest BCUT2D eigenvalue weighted by Gasteiger charge is 2.40. The zero-order valence-electron chi connectivity index (χ0n) is 32.4. The monoisotopic (exact) mass is 802 g/mol. The molecule has 1 unspecified atom stereocenters. The molecule has 0 saturated carbocycles. The van der Waals surface area contributed by atoms with Gasteiger partial charge in [-0.2, -0.15) is 0 Å². The first-order valence-electron chi connectivity index (χ1n) is 19.0. The lowest BCUT2D eigenvalue weighted by atomic mass is 9.71. The summed E-state index contributed by atoms with van der Waals surface area (Å²) in [5, 5.41) is 0.965. The van der Waals surface area contributed by atoms with Crippen LogP contribution in [0.5, 0.6) is 17.2 Å². The topological polar surface area (TPSA) is 86.1 Å². The molecule has 4 aromatic rings. The number of carbonyl (C=O) groups is 2. The molecule has 2 fully saturated rings. The first-order valence-corrected chi connectivity index (χ1v) is 19.8. The van der Waals surface area contributed by atoms with Crippen molar-refractivity contribution in [2.45, 2.75) is 51.0 Å². The van der Waals surface area contributed by atoms with Gasteiger partial charge < -0.3 is 28.6 Å². The highest BCUT2D eigenvalue weighted by molar-refractivity contribution is 6.42. The average Bonchev–Trinajstić information content (AvgIpc) is 3.62. The summed E-state index contributed by atoms with van der Waals surface area (Å²) in [6.45, 7) is 5.76. The van der Waals surface area contributed by atoms with Gasteiger partial charge in [0, 0.05) is 36.5 Å². The van der Waals surface area contributed by atoms with Gasteiger partial charge >= 0.3 is 0 Å². The van der Waals surface area contributed by atoms with Crippen LogP contribution in [0.4, 0.5) is 4.39 Å². The van der Waals surface area contributed by atoms with Crippen LogP contribution >= 0.6 is 23.2 Å². The van der Waals surface area contributed by atoms with Crippen LogP contribution in [0.1, 0.15) is 76.8 Å². The Morgan fingerprint density at radius 1 is 0.929 bits per heavy atom. The quantitative estimate of drug-likeness (QED) is 0.0929. The highest BCUT2D eigenvalue weighted by atomic mass is 35.5. The molecule has 0 radical (unpaired) electrons. The number of hydrogen-bond donors (Lipinski definition) is 0. The number of carbonyl (C=O) groups excluding carboxylic acids is 2. The number of amides is 1. The van der Waals surface area contributed by atoms with Gasteiger partial charge in [-0.05, 0) is 112 Å². The summed E-state index contributed by atoms with van der Waals surface area (Å²) in [5.74, 6) is 1.13. The molecule has 1 amide bonds. The molecule has 1 atom stereocenters. The van der Waals surface area contributed by atoms with Gasteiger partial charge in [0.05, 0.1) is 43.3 Å². The van der Waals surface area contributed by atoms with Gasteiger partial charge in [0.25, 0.3) is 5.91 Å². The van der Waals surface area contributed by atoms with E-state index < -0.39 is 0 Å². The van der Waals surface area contributed by atoms with Crippen LogP contribution in [0.25, 0.3) is 6.08 Å². The van der Waals surface area contributed by atoms with Gasteiger partial charge in [0.2, 0.25) is 11.5 Å². The molecule has 1 aromatic heterocycles. The molecule has 0 spiro atoms. The van der Waals surface area contributed by atoms with Crippen molar-refractivity contribution in [2.24, 2.45) is 5.92 Å². The molecule has 9 nitrogen and oxygen atoms in total. The predicted molar refractivity (Wildman–Crippen MR) is 219 cm³/mol. The summed E-state index contributed by atoms with van der Waals surface area (Å²) in [6, 6.07) is 15.5. The second kappa shape index (κ2) is 18.5. The lowest BCUT2D eigenvalue weighted by Crippen LogP contribution is -2.50. The standard InChI is InChI=1S/C44H49Cl2FN4O5/c1-5-6-7-9-35-27-48-42(51(35)28-30-10-13-34(47)14-11-30)40(52)31-16-21-49(22-17-31)23-19-44(33-12-15-36(45)37(46)26-33)18-8-20-50(29-44)43(53)32-24-38(54-2)41(56-4)39(25-32)55-3/h5-7,9-15,24-27,31H,8,16-23,28-29H2,1-4H3. The number of ether oxygens (including phenoxy) is 3. The Balaban J connectivity index is 1.17. The third kappa shape index (κ3) is 9.14. The van der Waals surface area contributed by atoms with Crippen LogP contribution < -0.4 is 14.2 Å². The summed E-state index contributed by atoms with van der Waals surface area (Å²) in [5.41, 5.74) is 2.82. The average molecular weight is 804 g/mol. The predicted octanol–water partition coefficient (Wildman–Crippen LogP) is 9.15. The van der Waals surface area contributed by atoms with Crippen LogP contribution in [-0.2, 0) is 12.0 Å². The SMILES string of the molecule is CC=CC=Cc1cnc(C(=O)C2CCN(CCC3(c4ccc(Cl)c(Cl)c4)CCCN(C(=O)c4cc(OC)c(OC)c(OC)c4)C3)CC2)n1Cc1ccc(F)cc1. The summed E-state index contributed by atoms with van der Waals surface area (Å²) in [7, 11) is 4.60. The van der Waals surface area contributed by atoms with E-state index in [2.05, 4.69) is 9.88 Å². The molecule has 0 bridgehead atoms. The van der Waals surface area contributed by atoms with Gasteiger partial charge in [-0.1, -0.05) is 59.6 Å². The first-order chi connectivity index (χ1) is 27.1. The van der Waals surface area contributed by atoms with Gasteiger partial charge in [-0.25, -0.2) is 9.37 Å². The zero-order valence-corrected chi connectivity index (χ0v) is 33.9. The van der Waals surface area contributed by atoms with E-state index in [0.717, 1.165) is 55.7 Å². The number of piperidine rings is 2. The lowest BCUT2D eigenvalue weighted by molar-refractivity contribution is 0.0600. The number of imidazole rings is 1. The number of hydrogen-bond acceptors (Lipinski definition) is 7. The van der Waals surface area contributed by atoms with E-state index in [0.29, 0.717) is 71.2 Å². The van der Waals surface area contributed by atoms with Crippen molar-refractivity contribution in [1.82, 2.24) is 19.4 Å². The third-order valence-electron chi connectivity index (χ3n) is 11.1. The Bertz CT molecular complexity index is 2050. The fourth-order valence-electron chi connectivity index (χ4n) is 8.00. The van der Waals surface area contributed by atoms with Gasteiger partial charge in [0.15, 0.2) is 17.3 Å². The Labute approximate surface area is 338 Å². The van der Waals surface area contributed by atoms with E-state index in [9.17, 15) is 14.0 Å². The summed E-state index contributed by atoms with van der Waals surface area (Å²) in [4.78, 5) is 37.2. The van der Waals surface area contributed by atoms with Crippen molar-refractivity contribution in [2.75, 3.05) is 54.1 Å². The minimum atomic E-state index is -0.378. The van der Waals surface area contributed by atoms with E-state index in [1.165, 1.54) is 33.5 Å². The molecule has 12 heteroatoms. The lowest BCUT2D eigenvalue weighted by Gasteiger charge is -2.45. The van der Waals surface area contributed by atoms with Gasteiger partial charge in [-0.3, -0.25) is 9.59 Å².